The second-order valence-corrected chi connectivity index (χ2v) is 4.69. The first-order chi connectivity index (χ1) is 10.9. The summed E-state index contributed by atoms with van der Waals surface area (Å²) in [6, 6.07) is 27.8. The lowest BCUT2D eigenvalue weighted by molar-refractivity contribution is 0.582. The molecule has 0 aliphatic rings. The van der Waals surface area contributed by atoms with E-state index in [-0.39, 0.29) is 0 Å². The summed E-state index contributed by atoms with van der Waals surface area (Å²) in [5, 5.41) is 0. The predicted octanol–water partition coefficient (Wildman–Crippen LogP) is 5.89. The number of rotatable bonds is 2. The molecule has 2 heterocycles. The van der Waals surface area contributed by atoms with E-state index in [4.69, 9.17) is 8.83 Å². The van der Waals surface area contributed by atoms with Gasteiger partial charge in [0.1, 0.15) is 11.5 Å². The first-order valence-electron chi connectivity index (χ1n) is 7.11. The van der Waals surface area contributed by atoms with Crippen molar-refractivity contribution in [3.63, 3.8) is 0 Å². The van der Waals surface area contributed by atoms with E-state index in [2.05, 4.69) is 0 Å². The molecular formula is C20H16O2. The maximum atomic E-state index is 5.22. The zero-order chi connectivity index (χ0) is 15.0. The largest absolute Gasteiger partial charge is 0.464 e. The lowest BCUT2D eigenvalue weighted by Crippen LogP contribution is -1.69. The molecule has 0 fully saturated rings. The Morgan fingerprint density at radius 2 is 0.818 bits per heavy atom. The molecule has 0 N–H and O–H groups in total. The maximum Gasteiger partial charge on any atom is 0.133 e. The Hall–Kier alpha value is -3.00. The SMILES string of the molecule is c1ccc(-c2ccco2)cc1.c1ccc(-c2ccco2)cc1. The van der Waals surface area contributed by atoms with E-state index in [1.54, 1.807) is 12.5 Å². The molecule has 0 amide bonds. The molecule has 0 saturated heterocycles. The van der Waals surface area contributed by atoms with Gasteiger partial charge in [0, 0.05) is 11.1 Å². The molecule has 0 radical (unpaired) electrons. The lowest BCUT2D eigenvalue weighted by Gasteiger charge is -1.92. The van der Waals surface area contributed by atoms with Gasteiger partial charge >= 0.3 is 0 Å². The summed E-state index contributed by atoms with van der Waals surface area (Å²) in [5.41, 5.74) is 2.25. The van der Waals surface area contributed by atoms with Gasteiger partial charge in [-0.1, -0.05) is 60.7 Å². The number of furan rings is 2. The van der Waals surface area contributed by atoms with Gasteiger partial charge in [-0.25, -0.2) is 0 Å². The van der Waals surface area contributed by atoms with Crippen LogP contribution in [-0.2, 0) is 0 Å². The normalized spacial score (nSPS) is 9.82. The Bertz CT molecular complexity index is 685. The summed E-state index contributed by atoms with van der Waals surface area (Å²) >= 11 is 0. The summed E-state index contributed by atoms with van der Waals surface area (Å²) < 4.78 is 10.4. The second kappa shape index (κ2) is 7.14. The van der Waals surface area contributed by atoms with Crippen LogP contribution in [0.5, 0.6) is 0 Å². The fourth-order valence-corrected chi connectivity index (χ4v) is 2.09. The van der Waals surface area contributed by atoms with Crippen LogP contribution >= 0.6 is 0 Å². The van der Waals surface area contributed by atoms with E-state index in [0.717, 1.165) is 22.6 Å². The Morgan fingerprint density at radius 3 is 1.14 bits per heavy atom. The van der Waals surface area contributed by atoms with Gasteiger partial charge in [-0.05, 0) is 24.3 Å². The highest BCUT2D eigenvalue weighted by molar-refractivity contribution is 5.57. The van der Waals surface area contributed by atoms with E-state index in [9.17, 15) is 0 Å². The van der Waals surface area contributed by atoms with E-state index >= 15 is 0 Å². The number of hydrogen-bond acceptors (Lipinski definition) is 2. The molecule has 108 valence electrons. The molecule has 0 saturated carbocycles. The van der Waals surface area contributed by atoms with Crippen molar-refractivity contribution in [1.29, 1.82) is 0 Å². The van der Waals surface area contributed by atoms with Crippen LogP contribution in [0.3, 0.4) is 0 Å². The molecule has 4 rings (SSSR count). The predicted molar refractivity (Wildman–Crippen MR) is 88.3 cm³/mol. The molecule has 2 aromatic heterocycles. The molecule has 0 bridgehead atoms. The standard InChI is InChI=1S/2C10H8O/c2*1-2-5-9(6-3-1)10-7-4-8-11-10/h2*1-8H. The van der Waals surface area contributed by atoms with Crippen LogP contribution < -0.4 is 0 Å². The monoisotopic (exact) mass is 288 g/mol. The van der Waals surface area contributed by atoms with Crippen LogP contribution in [0.15, 0.2) is 106 Å². The Morgan fingerprint density at radius 1 is 0.409 bits per heavy atom. The molecule has 0 atom stereocenters. The highest BCUT2D eigenvalue weighted by atomic mass is 16.3. The van der Waals surface area contributed by atoms with Crippen molar-refractivity contribution >= 4 is 0 Å². The van der Waals surface area contributed by atoms with Crippen molar-refractivity contribution in [3.05, 3.63) is 97.5 Å². The Balaban J connectivity index is 0.000000131. The summed E-state index contributed by atoms with van der Waals surface area (Å²) in [4.78, 5) is 0. The summed E-state index contributed by atoms with van der Waals surface area (Å²) in [7, 11) is 0. The fourth-order valence-electron chi connectivity index (χ4n) is 2.09. The molecule has 0 aliphatic carbocycles. The number of hydrogen-bond donors (Lipinski definition) is 0. The van der Waals surface area contributed by atoms with E-state index in [1.165, 1.54) is 0 Å². The van der Waals surface area contributed by atoms with Crippen LogP contribution in [-0.4, -0.2) is 0 Å². The molecular weight excluding hydrogens is 272 g/mol. The maximum absolute atomic E-state index is 5.22. The average molecular weight is 288 g/mol. The molecule has 2 nitrogen and oxygen atoms in total. The van der Waals surface area contributed by atoms with E-state index < -0.39 is 0 Å². The topological polar surface area (TPSA) is 26.3 Å². The Kier molecular flexibility index (Phi) is 4.53. The highest BCUT2D eigenvalue weighted by Crippen LogP contribution is 2.18. The highest BCUT2D eigenvalue weighted by Gasteiger charge is 1.96. The summed E-state index contributed by atoms with van der Waals surface area (Å²) in [6.45, 7) is 0. The fraction of sp³-hybridized carbons (Fsp3) is 0. The third-order valence-corrected chi connectivity index (χ3v) is 3.16. The Labute approximate surface area is 129 Å². The average Bonchev–Trinajstić information content (AvgIpc) is 3.31. The van der Waals surface area contributed by atoms with Crippen molar-refractivity contribution in [1.82, 2.24) is 0 Å². The van der Waals surface area contributed by atoms with Gasteiger partial charge < -0.3 is 8.83 Å². The van der Waals surface area contributed by atoms with Crippen LogP contribution in [0.4, 0.5) is 0 Å². The third kappa shape index (κ3) is 3.55. The van der Waals surface area contributed by atoms with Crippen molar-refractivity contribution in [3.8, 4) is 22.6 Å². The summed E-state index contributed by atoms with van der Waals surface area (Å²) in [5.74, 6) is 1.84. The van der Waals surface area contributed by atoms with Crippen LogP contribution in [0.1, 0.15) is 0 Å². The van der Waals surface area contributed by atoms with Crippen molar-refractivity contribution < 1.29 is 8.83 Å². The van der Waals surface area contributed by atoms with Crippen molar-refractivity contribution in [2.45, 2.75) is 0 Å². The van der Waals surface area contributed by atoms with Gasteiger partial charge in [0.2, 0.25) is 0 Å². The first-order valence-corrected chi connectivity index (χ1v) is 7.11. The molecule has 4 aromatic rings. The van der Waals surface area contributed by atoms with Crippen molar-refractivity contribution in [2.75, 3.05) is 0 Å². The van der Waals surface area contributed by atoms with Gasteiger partial charge in [0.25, 0.3) is 0 Å². The molecule has 0 aliphatic heterocycles. The summed E-state index contributed by atoms with van der Waals surface area (Å²) in [6.07, 6.45) is 3.37. The van der Waals surface area contributed by atoms with Gasteiger partial charge in [-0.15, -0.1) is 0 Å². The number of benzene rings is 2. The van der Waals surface area contributed by atoms with Crippen LogP contribution in [0.25, 0.3) is 22.6 Å². The quantitative estimate of drug-likeness (QED) is 0.459. The van der Waals surface area contributed by atoms with Gasteiger partial charge in [-0.2, -0.15) is 0 Å². The first kappa shape index (κ1) is 14.0. The van der Waals surface area contributed by atoms with E-state index in [1.807, 2.05) is 84.9 Å². The zero-order valence-corrected chi connectivity index (χ0v) is 12.1. The lowest BCUT2D eigenvalue weighted by atomic mass is 10.2. The minimum absolute atomic E-state index is 0.922. The zero-order valence-electron chi connectivity index (χ0n) is 12.1. The minimum Gasteiger partial charge on any atom is -0.464 e. The van der Waals surface area contributed by atoms with Crippen molar-refractivity contribution in [2.24, 2.45) is 0 Å². The van der Waals surface area contributed by atoms with Gasteiger partial charge in [0.05, 0.1) is 12.5 Å². The van der Waals surface area contributed by atoms with E-state index in [0.29, 0.717) is 0 Å². The molecule has 0 spiro atoms. The van der Waals surface area contributed by atoms with Gasteiger partial charge in [-0.3, -0.25) is 0 Å². The second-order valence-electron chi connectivity index (χ2n) is 4.69. The smallest absolute Gasteiger partial charge is 0.133 e. The molecule has 2 aromatic carbocycles. The minimum atomic E-state index is 0.922. The van der Waals surface area contributed by atoms with Crippen LogP contribution in [0, 0.1) is 0 Å². The van der Waals surface area contributed by atoms with Gasteiger partial charge in [0.15, 0.2) is 0 Å². The molecule has 22 heavy (non-hydrogen) atoms. The molecule has 2 heteroatoms. The van der Waals surface area contributed by atoms with Crippen LogP contribution in [0.2, 0.25) is 0 Å². The molecule has 0 unspecified atom stereocenters. The third-order valence-electron chi connectivity index (χ3n) is 3.16.